The maximum absolute atomic E-state index is 12.4. The average Bonchev–Trinajstić information content (AvgIpc) is 2.98. The lowest BCUT2D eigenvalue weighted by Gasteiger charge is -2.22. The van der Waals surface area contributed by atoms with Crippen LogP contribution in [0.1, 0.15) is 35.3 Å². The molecule has 0 saturated carbocycles. The molecular formula is C18H24N4O. The smallest absolute Gasteiger partial charge is 0.254 e. The van der Waals surface area contributed by atoms with Crippen LogP contribution in [0, 0.1) is 12.8 Å². The molecule has 1 aromatic carbocycles. The first kappa shape index (κ1) is 15.7. The maximum atomic E-state index is 12.4. The second-order valence-electron chi connectivity index (χ2n) is 6.17. The van der Waals surface area contributed by atoms with Crippen LogP contribution in [0.2, 0.25) is 0 Å². The predicted octanol–water partition coefficient (Wildman–Crippen LogP) is 2.30. The van der Waals surface area contributed by atoms with Gasteiger partial charge in [-0.05, 0) is 57.3 Å². The lowest BCUT2D eigenvalue weighted by atomic mass is 9.96. The molecule has 3 rings (SSSR count). The average molecular weight is 312 g/mol. The highest BCUT2D eigenvalue weighted by Gasteiger charge is 2.16. The molecule has 1 aromatic heterocycles. The van der Waals surface area contributed by atoms with E-state index in [0.29, 0.717) is 11.5 Å². The first-order chi connectivity index (χ1) is 11.2. The number of aromatic nitrogens is 2. The summed E-state index contributed by atoms with van der Waals surface area (Å²) in [5.74, 6) is 0.644. The molecule has 1 fully saturated rings. The second-order valence-corrected chi connectivity index (χ2v) is 6.17. The third-order valence-electron chi connectivity index (χ3n) is 4.40. The molecule has 23 heavy (non-hydrogen) atoms. The number of carbonyl (C=O) groups excluding carboxylic acids is 1. The van der Waals surface area contributed by atoms with Gasteiger partial charge in [-0.2, -0.15) is 5.10 Å². The molecule has 2 N–H and O–H groups in total. The molecule has 0 radical (unpaired) electrons. The number of amides is 1. The van der Waals surface area contributed by atoms with Crippen LogP contribution in [0.3, 0.4) is 0 Å². The van der Waals surface area contributed by atoms with E-state index < -0.39 is 0 Å². The van der Waals surface area contributed by atoms with Gasteiger partial charge >= 0.3 is 0 Å². The number of piperidine rings is 1. The Morgan fingerprint density at radius 1 is 1.39 bits per heavy atom. The lowest BCUT2D eigenvalue weighted by Crippen LogP contribution is -2.33. The van der Waals surface area contributed by atoms with Gasteiger partial charge in [0, 0.05) is 12.7 Å². The number of nitrogens with zero attached hydrogens (tertiary/aromatic N) is 2. The zero-order valence-corrected chi connectivity index (χ0v) is 13.6. The molecule has 1 saturated heterocycles. The summed E-state index contributed by atoms with van der Waals surface area (Å²) in [6.07, 6.45) is 5.34. The van der Waals surface area contributed by atoms with Crippen molar-refractivity contribution < 1.29 is 4.79 Å². The van der Waals surface area contributed by atoms with E-state index in [9.17, 15) is 4.79 Å². The Labute approximate surface area is 137 Å². The number of hydrogen-bond donors (Lipinski definition) is 2. The van der Waals surface area contributed by atoms with E-state index in [1.54, 1.807) is 4.68 Å². The van der Waals surface area contributed by atoms with Gasteiger partial charge in [-0.15, -0.1) is 0 Å². The highest BCUT2D eigenvalue weighted by molar-refractivity contribution is 5.95. The molecule has 5 nitrogen and oxygen atoms in total. The summed E-state index contributed by atoms with van der Waals surface area (Å²) < 4.78 is 1.76. The van der Waals surface area contributed by atoms with Crippen molar-refractivity contribution in [1.29, 1.82) is 0 Å². The van der Waals surface area contributed by atoms with Gasteiger partial charge in [-0.3, -0.25) is 4.79 Å². The van der Waals surface area contributed by atoms with Gasteiger partial charge in [-0.1, -0.05) is 18.2 Å². The summed E-state index contributed by atoms with van der Waals surface area (Å²) in [4.78, 5) is 12.4. The molecule has 1 aliphatic rings. The van der Waals surface area contributed by atoms with E-state index in [4.69, 9.17) is 0 Å². The number of rotatable bonds is 5. The number of carbonyl (C=O) groups is 1. The fraction of sp³-hybridized carbons (Fsp3) is 0.444. The van der Waals surface area contributed by atoms with Gasteiger partial charge in [0.05, 0.1) is 16.9 Å². The van der Waals surface area contributed by atoms with Gasteiger partial charge in [0.1, 0.15) is 0 Å². The molecule has 2 aromatic rings. The molecule has 1 atom stereocenters. The Bertz CT molecular complexity index is 644. The van der Waals surface area contributed by atoms with Crippen molar-refractivity contribution in [3.8, 4) is 5.69 Å². The molecule has 1 amide bonds. The third-order valence-corrected chi connectivity index (χ3v) is 4.40. The van der Waals surface area contributed by atoms with E-state index in [-0.39, 0.29) is 5.91 Å². The van der Waals surface area contributed by atoms with Crippen LogP contribution >= 0.6 is 0 Å². The van der Waals surface area contributed by atoms with Gasteiger partial charge in [-0.25, -0.2) is 4.68 Å². The Morgan fingerprint density at radius 2 is 2.22 bits per heavy atom. The maximum Gasteiger partial charge on any atom is 0.254 e. The fourth-order valence-electron chi connectivity index (χ4n) is 3.05. The number of para-hydroxylation sites is 1. The van der Waals surface area contributed by atoms with E-state index >= 15 is 0 Å². The van der Waals surface area contributed by atoms with Crippen molar-refractivity contribution in [2.75, 3.05) is 19.6 Å². The van der Waals surface area contributed by atoms with Gasteiger partial charge in [0.15, 0.2) is 0 Å². The molecule has 0 aliphatic carbocycles. The Kier molecular flexibility index (Phi) is 5.08. The van der Waals surface area contributed by atoms with Crippen molar-refractivity contribution in [2.45, 2.75) is 26.2 Å². The highest BCUT2D eigenvalue weighted by Crippen LogP contribution is 2.14. The minimum absolute atomic E-state index is 0.0338. The molecule has 2 heterocycles. The van der Waals surface area contributed by atoms with Crippen LogP contribution in [0.15, 0.2) is 36.5 Å². The largest absolute Gasteiger partial charge is 0.352 e. The van der Waals surface area contributed by atoms with E-state index in [1.165, 1.54) is 12.8 Å². The normalized spacial score (nSPS) is 17.9. The van der Waals surface area contributed by atoms with E-state index in [0.717, 1.165) is 37.4 Å². The SMILES string of the molecule is Cc1nn(-c2ccccc2)cc1C(=O)NCCC1CCCNC1. The number of nitrogens with one attached hydrogen (secondary N) is 2. The quantitative estimate of drug-likeness (QED) is 0.890. The number of benzene rings is 1. The third kappa shape index (κ3) is 3.99. The van der Waals surface area contributed by atoms with Crippen molar-refractivity contribution in [2.24, 2.45) is 5.92 Å². The zero-order valence-electron chi connectivity index (χ0n) is 13.6. The van der Waals surface area contributed by atoms with E-state index in [1.807, 2.05) is 43.5 Å². The Balaban J connectivity index is 1.58. The van der Waals surface area contributed by atoms with E-state index in [2.05, 4.69) is 15.7 Å². The molecule has 0 bridgehead atoms. The number of hydrogen-bond acceptors (Lipinski definition) is 3. The summed E-state index contributed by atoms with van der Waals surface area (Å²) in [5.41, 5.74) is 2.37. The molecule has 1 unspecified atom stereocenters. The summed E-state index contributed by atoms with van der Waals surface area (Å²) in [6, 6.07) is 9.84. The van der Waals surface area contributed by atoms with Crippen molar-refractivity contribution >= 4 is 5.91 Å². The van der Waals surface area contributed by atoms with Crippen molar-refractivity contribution in [1.82, 2.24) is 20.4 Å². The van der Waals surface area contributed by atoms with Crippen LogP contribution in [0.25, 0.3) is 5.69 Å². The summed E-state index contributed by atoms with van der Waals surface area (Å²) in [5, 5.41) is 10.9. The van der Waals surface area contributed by atoms with Gasteiger partial charge in [0.25, 0.3) is 5.91 Å². The first-order valence-electron chi connectivity index (χ1n) is 8.34. The Hall–Kier alpha value is -2.14. The molecule has 1 aliphatic heterocycles. The minimum Gasteiger partial charge on any atom is -0.352 e. The van der Waals surface area contributed by atoms with Crippen LogP contribution in [0.5, 0.6) is 0 Å². The van der Waals surface area contributed by atoms with Crippen LogP contribution in [-0.2, 0) is 0 Å². The Morgan fingerprint density at radius 3 is 2.96 bits per heavy atom. The molecule has 122 valence electrons. The zero-order chi connectivity index (χ0) is 16.1. The topological polar surface area (TPSA) is 59.0 Å². The van der Waals surface area contributed by atoms with Crippen molar-refractivity contribution in [3.05, 3.63) is 47.8 Å². The van der Waals surface area contributed by atoms with Crippen molar-refractivity contribution in [3.63, 3.8) is 0 Å². The summed E-state index contributed by atoms with van der Waals surface area (Å²) >= 11 is 0. The predicted molar refractivity (Wildman–Crippen MR) is 90.8 cm³/mol. The van der Waals surface area contributed by atoms with Crippen LogP contribution < -0.4 is 10.6 Å². The van der Waals surface area contributed by atoms with Crippen LogP contribution in [-0.4, -0.2) is 35.3 Å². The number of aryl methyl sites for hydroxylation is 1. The first-order valence-corrected chi connectivity index (χ1v) is 8.34. The van der Waals surface area contributed by atoms with Gasteiger partial charge in [0.2, 0.25) is 0 Å². The monoisotopic (exact) mass is 312 g/mol. The summed E-state index contributed by atoms with van der Waals surface area (Å²) in [6.45, 7) is 4.79. The second kappa shape index (κ2) is 7.42. The van der Waals surface area contributed by atoms with Gasteiger partial charge < -0.3 is 10.6 Å². The summed E-state index contributed by atoms with van der Waals surface area (Å²) in [7, 11) is 0. The minimum atomic E-state index is -0.0338. The standard InChI is InChI=1S/C18H24N4O/c1-14-17(13-22(21-14)16-7-3-2-4-8-16)18(23)20-11-9-15-6-5-10-19-12-15/h2-4,7-8,13,15,19H,5-6,9-12H2,1H3,(H,20,23). The highest BCUT2D eigenvalue weighted by atomic mass is 16.1. The molecule has 0 spiro atoms. The molecule has 5 heteroatoms. The van der Waals surface area contributed by atoms with Crippen LogP contribution in [0.4, 0.5) is 0 Å². The lowest BCUT2D eigenvalue weighted by molar-refractivity contribution is 0.0950. The fourth-order valence-corrected chi connectivity index (χ4v) is 3.05. The molecular weight excluding hydrogens is 288 g/mol.